The Kier molecular flexibility index (Phi) is 49.8. The van der Waals surface area contributed by atoms with Crippen LogP contribution in [0.2, 0.25) is 0 Å². The van der Waals surface area contributed by atoms with Gasteiger partial charge in [-0.2, -0.15) is 0 Å². The molecule has 1 unspecified atom stereocenters. The summed E-state index contributed by atoms with van der Waals surface area (Å²) in [7, 11) is 0. The second-order valence-corrected chi connectivity index (χ2v) is 18.1. The van der Waals surface area contributed by atoms with Crippen molar-refractivity contribution in [1.82, 2.24) is 0 Å². The van der Waals surface area contributed by atoms with Gasteiger partial charge in [0.2, 0.25) is 0 Å². The van der Waals surface area contributed by atoms with E-state index in [0.29, 0.717) is 19.3 Å². The van der Waals surface area contributed by atoms with Crippen LogP contribution in [0.1, 0.15) is 278 Å². The monoisotopic (exact) mass is 883 g/mol. The van der Waals surface area contributed by atoms with Crippen molar-refractivity contribution in [3.05, 3.63) is 48.6 Å². The van der Waals surface area contributed by atoms with Gasteiger partial charge in [-0.05, 0) is 77.0 Å². The van der Waals surface area contributed by atoms with Crippen LogP contribution >= 0.6 is 0 Å². The first-order chi connectivity index (χ1) is 31.0. The summed E-state index contributed by atoms with van der Waals surface area (Å²) in [4.78, 5) is 38.0. The fourth-order valence-electron chi connectivity index (χ4n) is 7.67. The van der Waals surface area contributed by atoms with E-state index in [2.05, 4.69) is 69.4 Å². The molecule has 0 bridgehead atoms. The molecule has 0 aromatic rings. The third kappa shape index (κ3) is 50.2. The summed E-state index contributed by atoms with van der Waals surface area (Å²) in [6.45, 7) is 6.58. The van der Waals surface area contributed by atoms with Gasteiger partial charge in [-0.3, -0.25) is 14.4 Å². The molecule has 6 nitrogen and oxygen atoms in total. The molecule has 0 rings (SSSR count). The molecule has 0 aromatic carbocycles. The Morgan fingerprint density at radius 1 is 0.317 bits per heavy atom. The van der Waals surface area contributed by atoms with Crippen molar-refractivity contribution in [2.75, 3.05) is 13.2 Å². The van der Waals surface area contributed by atoms with Crippen molar-refractivity contribution >= 4 is 17.9 Å². The van der Waals surface area contributed by atoms with Crippen LogP contribution in [0.4, 0.5) is 0 Å². The molecule has 0 saturated heterocycles. The number of hydrogen-bond acceptors (Lipinski definition) is 6. The van der Waals surface area contributed by atoms with Crippen LogP contribution in [0.15, 0.2) is 48.6 Å². The van der Waals surface area contributed by atoms with Crippen LogP contribution in [0.3, 0.4) is 0 Å². The number of rotatable bonds is 49. The zero-order valence-electron chi connectivity index (χ0n) is 41.8. The van der Waals surface area contributed by atoms with Gasteiger partial charge in [0.1, 0.15) is 13.2 Å². The Bertz CT molecular complexity index is 1110. The summed E-state index contributed by atoms with van der Waals surface area (Å²) in [5.74, 6) is -0.898. The summed E-state index contributed by atoms with van der Waals surface area (Å²) >= 11 is 0. The molecule has 0 aliphatic heterocycles. The van der Waals surface area contributed by atoms with Gasteiger partial charge in [0, 0.05) is 19.3 Å². The van der Waals surface area contributed by atoms with Gasteiger partial charge in [-0.25, -0.2) is 0 Å². The Hall–Kier alpha value is -2.63. The molecule has 366 valence electrons. The zero-order chi connectivity index (χ0) is 45.8. The van der Waals surface area contributed by atoms with E-state index in [1.807, 2.05) is 0 Å². The van der Waals surface area contributed by atoms with Gasteiger partial charge in [-0.1, -0.05) is 230 Å². The third-order valence-corrected chi connectivity index (χ3v) is 11.8. The van der Waals surface area contributed by atoms with E-state index < -0.39 is 6.10 Å². The van der Waals surface area contributed by atoms with Crippen LogP contribution < -0.4 is 0 Å². The van der Waals surface area contributed by atoms with Gasteiger partial charge in [0.25, 0.3) is 0 Å². The van der Waals surface area contributed by atoms with E-state index in [1.165, 1.54) is 141 Å². The Labute approximate surface area is 390 Å². The average Bonchev–Trinajstić information content (AvgIpc) is 3.28. The molecule has 0 saturated carbocycles. The molecule has 0 spiro atoms. The highest BCUT2D eigenvalue weighted by Crippen LogP contribution is 2.15. The highest BCUT2D eigenvalue weighted by Gasteiger charge is 2.19. The van der Waals surface area contributed by atoms with E-state index in [9.17, 15) is 14.4 Å². The molecule has 0 N–H and O–H groups in total. The predicted octanol–water partition coefficient (Wildman–Crippen LogP) is 17.9. The lowest BCUT2D eigenvalue weighted by Gasteiger charge is -2.18. The number of ether oxygens (including phenoxy) is 3. The number of allylic oxidation sites excluding steroid dienone is 8. The largest absolute Gasteiger partial charge is 0.462 e. The minimum Gasteiger partial charge on any atom is -0.462 e. The van der Waals surface area contributed by atoms with Crippen LogP contribution in [-0.4, -0.2) is 37.2 Å². The van der Waals surface area contributed by atoms with Gasteiger partial charge in [0.15, 0.2) is 6.10 Å². The Morgan fingerprint density at radius 2 is 0.587 bits per heavy atom. The maximum atomic E-state index is 12.8. The van der Waals surface area contributed by atoms with Crippen LogP contribution in [0, 0.1) is 0 Å². The van der Waals surface area contributed by atoms with Gasteiger partial charge >= 0.3 is 17.9 Å². The van der Waals surface area contributed by atoms with Crippen molar-refractivity contribution in [3.63, 3.8) is 0 Å². The fourth-order valence-corrected chi connectivity index (χ4v) is 7.67. The summed E-state index contributed by atoms with van der Waals surface area (Å²) in [6, 6.07) is 0. The zero-order valence-corrected chi connectivity index (χ0v) is 41.8. The molecule has 0 heterocycles. The molecule has 63 heavy (non-hydrogen) atoms. The van der Waals surface area contributed by atoms with Gasteiger partial charge < -0.3 is 14.2 Å². The predicted molar refractivity (Wildman–Crippen MR) is 270 cm³/mol. The Balaban J connectivity index is 4.40. The number of hydrogen-bond donors (Lipinski definition) is 0. The molecule has 0 radical (unpaired) electrons. The lowest BCUT2D eigenvalue weighted by Crippen LogP contribution is -2.30. The normalized spacial score (nSPS) is 12.4. The van der Waals surface area contributed by atoms with Gasteiger partial charge in [0.05, 0.1) is 0 Å². The van der Waals surface area contributed by atoms with E-state index in [1.54, 1.807) is 0 Å². The van der Waals surface area contributed by atoms with Crippen molar-refractivity contribution < 1.29 is 28.6 Å². The number of carbonyl (C=O) groups excluding carboxylic acids is 3. The first-order valence-corrected chi connectivity index (χ1v) is 27.1. The summed E-state index contributed by atoms with van der Waals surface area (Å²) in [5.41, 5.74) is 0. The van der Waals surface area contributed by atoms with Crippen LogP contribution in [0.25, 0.3) is 0 Å². The molecule has 0 aliphatic carbocycles. The van der Waals surface area contributed by atoms with Crippen molar-refractivity contribution in [2.24, 2.45) is 0 Å². The Morgan fingerprint density at radius 3 is 0.937 bits per heavy atom. The maximum absolute atomic E-state index is 12.8. The number of esters is 3. The third-order valence-electron chi connectivity index (χ3n) is 11.8. The first-order valence-electron chi connectivity index (χ1n) is 27.1. The van der Waals surface area contributed by atoms with Crippen molar-refractivity contribution in [1.29, 1.82) is 0 Å². The molecule has 1 atom stereocenters. The van der Waals surface area contributed by atoms with Crippen LogP contribution in [-0.2, 0) is 28.6 Å². The summed E-state index contributed by atoms with van der Waals surface area (Å²) in [6.07, 6.45) is 62.3. The maximum Gasteiger partial charge on any atom is 0.306 e. The van der Waals surface area contributed by atoms with Crippen LogP contribution in [0.5, 0.6) is 0 Å². The minimum atomic E-state index is -0.782. The van der Waals surface area contributed by atoms with E-state index in [0.717, 1.165) is 96.3 Å². The summed E-state index contributed by atoms with van der Waals surface area (Å²) in [5, 5.41) is 0. The standard InChI is InChI=1S/C57H102O6/c1-4-7-10-13-16-19-22-25-28-30-32-35-38-41-44-47-50-56(59)62-53-54(52-61-55(58)49-46-43-40-37-34-31-27-24-21-18-15-12-9-6-3)63-57(60)51-48-45-42-39-36-33-29-26-23-20-17-14-11-8-5-2/h15,18-19,22,24,27-28,30,54H,4-14,16-17,20-21,23,25-26,29,31-53H2,1-3H3/b18-15-,22-19-,27-24-,30-28-. The molecule has 6 heteroatoms. The first kappa shape index (κ1) is 60.4. The highest BCUT2D eigenvalue weighted by atomic mass is 16.6. The lowest BCUT2D eigenvalue weighted by molar-refractivity contribution is -0.167. The molecule has 0 fully saturated rings. The second kappa shape index (κ2) is 52.0. The molecular weight excluding hydrogens is 781 g/mol. The topological polar surface area (TPSA) is 78.9 Å². The fraction of sp³-hybridized carbons (Fsp3) is 0.807. The van der Waals surface area contributed by atoms with E-state index in [4.69, 9.17) is 14.2 Å². The van der Waals surface area contributed by atoms with E-state index in [-0.39, 0.29) is 31.1 Å². The molecule has 0 aliphatic rings. The smallest absolute Gasteiger partial charge is 0.306 e. The van der Waals surface area contributed by atoms with Gasteiger partial charge in [-0.15, -0.1) is 0 Å². The minimum absolute atomic E-state index is 0.0827. The van der Waals surface area contributed by atoms with Crippen molar-refractivity contribution in [2.45, 2.75) is 284 Å². The number of carbonyl (C=O) groups is 3. The van der Waals surface area contributed by atoms with E-state index >= 15 is 0 Å². The molecule has 0 amide bonds. The van der Waals surface area contributed by atoms with Crippen molar-refractivity contribution in [3.8, 4) is 0 Å². The lowest BCUT2D eigenvalue weighted by atomic mass is 10.0. The molecule has 0 aromatic heterocycles. The molecular formula is C57H102O6. The SMILES string of the molecule is CCCC/C=C\C/C=C\CCCCCCCC(=O)OCC(COC(=O)CCCCCCC/C=C\C/C=C\CCCCCC)OC(=O)CCCCCCCCCCCCCCCCC. The number of unbranched alkanes of at least 4 members (excludes halogenated alkanes) is 30. The summed E-state index contributed by atoms with van der Waals surface area (Å²) < 4.78 is 16.8. The quantitative estimate of drug-likeness (QED) is 0.0262. The second-order valence-electron chi connectivity index (χ2n) is 18.1. The average molecular weight is 883 g/mol. The highest BCUT2D eigenvalue weighted by molar-refractivity contribution is 5.71.